The number of methoxy groups -OCH3 is 1. The number of nitrogens with one attached hydrogen (secondary N) is 1. The molecule has 4 atom stereocenters. The van der Waals surface area contributed by atoms with Crippen LogP contribution in [0, 0.1) is 17.8 Å². The van der Waals surface area contributed by atoms with E-state index in [1.54, 1.807) is 31.2 Å². The quantitative estimate of drug-likeness (QED) is 0.181. The molecular formula is C36H29BrN2O6. The summed E-state index contributed by atoms with van der Waals surface area (Å²) >= 11 is 3.40. The number of Topliss-reactive ketones (excluding diaryl/α,β-unsaturated/α-hetero) is 1. The molecular weight excluding hydrogens is 636 g/mol. The largest absolute Gasteiger partial charge is 0.503 e. The Morgan fingerprint density at radius 1 is 0.933 bits per heavy atom. The van der Waals surface area contributed by atoms with Crippen molar-refractivity contribution in [1.29, 1.82) is 0 Å². The minimum atomic E-state index is -0.687. The highest BCUT2D eigenvalue weighted by Crippen LogP contribution is 2.56. The van der Waals surface area contributed by atoms with E-state index in [-0.39, 0.29) is 41.3 Å². The lowest BCUT2D eigenvalue weighted by Crippen LogP contribution is -2.39. The number of ether oxygens (including phenoxy) is 1. The minimum Gasteiger partial charge on any atom is -0.503 e. The van der Waals surface area contributed by atoms with Crippen molar-refractivity contribution in [2.75, 3.05) is 17.3 Å². The topological polar surface area (TPSA) is 113 Å². The van der Waals surface area contributed by atoms with Crippen LogP contribution in [0.5, 0.6) is 11.5 Å². The number of para-hydroxylation sites is 1. The first-order chi connectivity index (χ1) is 21.7. The number of benzene rings is 3. The van der Waals surface area contributed by atoms with Gasteiger partial charge in [-0.05, 0) is 102 Å². The summed E-state index contributed by atoms with van der Waals surface area (Å²) in [5, 5.41) is 13.8. The number of hydrogen-bond acceptors (Lipinski definition) is 7. The molecule has 1 fully saturated rings. The smallest absolute Gasteiger partial charge is 0.238 e. The summed E-state index contributed by atoms with van der Waals surface area (Å²) in [5.74, 6) is -3.30. The molecule has 4 aliphatic rings. The summed E-state index contributed by atoms with van der Waals surface area (Å²) in [6.45, 7) is 1.62. The second-order valence-electron chi connectivity index (χ2n) is 11.8. The van der Waals surface area contributed by atoms with Crippen LogP contribution < -0.4 is 15.0 Å². The fourth-order valence-electron chi connectivity index (χ4n) is 7.31. The molecule has 7 rings (SSSR count). The maximum absolute atomic E-state index is 14.2. The molecule has 2 N–H and O–H groups in total. The van der Waals surface area contributed by atoms with Gasteiger partial charge in [-0.3, -0.25) is 24.1 Å². The molecule has 0 bridgehead atoms. The van der Waals surface area contributed by atoms with E-state index in [1.807, 2.05) is 48.5 Å². The van der Waals surface area contributed by atoms with E-state index in [0.29, 0.717) is 38.9 Å². The van der Waals surface area contributed by atoms with Crippen molar-refractivity contribution >= 4 is 56.4 Å². The monoisotopic (exact) mass is 664 g/mol. The van der Waals surface area contributed by atoms with E-state index < -0.39 is 23.7 Å². The van der Waals surface area contributed by atoms with Gasteiger partial charge in [0.2, 0.25) is 11.8 Å². The number of fused-ring (bicyclic) bond motifs is 3. The molecule has 9 heteroatoms. The molecule has 3 aromatic rings. The lowest BCUT2D eigenvalue weighted by Gasteiger charge is -2.42. The van der Waals surface area contributed by atoms with Gasteiger partial charge < -0.3 is 15.2 Å². The van der Waals surface area contributed by atoms with Crippen molar-refractivity contribution in [3.63, 3.8) is 0 Å². The molecule has 3 aliphatic carbocycles. The summed E-state index contributed by atoms with van der Waals surface area (Å²) in [5.41, 5.74) is 4.80. The molecule has 1 heterocycles. The number of allylic oxidation sites excluding steroid dienone is 6. The number of rotatable bonds is 5. The number of amides is 2. The molecule has 226 valence electrons. The molecule has 3 aromatic carbocycles. The van der Waals surface area contributed by atoms with Gasteiger partial charge in [0.05, 0.1) is 29.1 Å². The molecule has 0 radical (unpaired) electrons. The third-order valence-corrected chi connectivity index (χ3v) is 9.96. The van der Waals surface area contributed by atoms with Crippen LogP contribution in [0.3, 0.4) is 0 Å². The fraction of sp³-hybridized carbons (Fsp3) is 0.222. The Hall–Kier alpha value is -4.76. The van der Waals surface area contributed by atoms with E-state index >= 15 is 0 Å². The summed E-state index contributed by atoms with van der Waals surface area (Å²) in [4.78, 5) is 56.4. The minimum absolute atomic E-state index is 0.0838. The molecule has 8 nitrogen and oxygen atoms in total. The van der Waals surface area contributed by atoms with Gasteiger partial charge in [0.1, 0.15) is 0 Å². The molecule has 0 spiro atoms. The zero-order valence-electron chi connectivity index (χ0n) is 24.5. The van der Waals surface area contributed by atoms with Crippen LogP contribution in [0.1, 0.15) is 31.2 Å². The van der Waals surface area contributed by atoms with Gasteiger partial charge in [0.25, 0.3) is 0 Å². The second-order valence-corrected chi connectivity index (χ2v) is 12.7. The average molecular weight is 666 g/mol. The first-order valence-corrected chi connectivity index (χ1v) is 15.5. The van der Waals surface area contributed by atoms with Crippen LogP contribution in [-0.2, 0) is 19.2 Å². The van der Waals surface area contributed by atoms with Crippen LogP contribution in [-0.4, -0.2) is 35.6 Å². The van der Waals surface area contributed by atoms with E-state index in [0.717, 1.165) is 16.9 Å². The van der Waals surface area contributed by atoms with E-state index in [2.05, 4.69) is 21.2 Å². The van der Waals surface area contributed by atoms with Gasteiger partial charge in [0.15, 0.2) is 23.1 Å². The highest BCUT2D eigenvalue weighted by Gasteiger charge is 2.56. The third-order valence-electron chi connectivity index (χ3n) is 9.35. The third kappa shape index (κ3) is 4.64. The Bertz CT molecular complexity index is 1890. The predicted octanol–water partition coefficient (Wildman–Crippen LogP) is 6.54. The van der Waals surface area contributed by atoms with E-state index in [9.17, 15) is 24.3 Å². The van der Waals surface area contributed by atoms with Gasteiger partial charge in [-0.2, -0.15) is 0 Å². The Labute approximate surface area is 268 Å². The van der Waals surface area contributed by atoms with Gasteiger partial charge >= 0.3 is 0 Å². The number of carbonyl (C=O) groups is 4. The molecule has 0 saturated carbocycles. The number of phenols is 1. The first-order valence-electron chi connectivity index (χ1n) is 14.7. The maximum atomic E-state index is 14.2. The summed E-state index contributed by atoms with van der Waals surface area (Å²) < 4.78 is 5.79. The van der Waals surface area contributed by atoms with Gasteiger partial charge in [-0.1, -0.05) is 29.8 Å². The number of ketones is 2. The lowest BCUT2D eigenvalue weighted by molar-refractivity contribution is -0.123. The number of hydrogen-bond donors (Lipinski definition) is 2. The number of aromatic hydroxyl groups is 1. The number of carbonyl (C=O) groups excluding carboxylic acids is 4. The summed E-state index contributed by atoms with van der Waals surface area (Å²) in [7, 11) is 1.44. The summed E-state index contributed by atoms with van der Waals surface area (Å²) in [6, 6.07) is 20.3. The fourth-order valence-corrected chi connectivity index (χ4v) is 7.77. The van der Waals surface area contributed by atoms with Crippen molar-refractivity contribution in [2.24, 2.45) is 17.8 Å². The maximum Gasteiger partial charge on any atom is 0.238 e. The van der Waals surface area contributed by atoms with Gasteiger partial charge in [-0.25, -0.2) is 0 Å². The van der Waals surface area contributed by atoms with E-state index in [4.69, 9.17) is 4.74 Å². The van der Waals surface area contributed by atoms with Crippen molar-refractivity contribution in [1.82, 2.24) is 0 Å². The molecule has 1 aliphatic heterocycles. The van der Waals surface area contributed by atoms with Crippen molar-refractivity contribution in [2.45, 2.75) is 25.7 Å². The Kier molecular flexibility index (Phi) is 7.08. The predicted molar refractivity (Wildman–Crippen MR) is 172 cm³/mol. The van der Waals surface area contributed by atoms with Crippen molar-refractivity contribution in [3.05, 3.63) is 111 Å². The molecule has 45 heavy (non-hydrogen) atoms. The number of imide groups is 1. The van der Waals surface area contributed by atoms with Crippen molar-refractivity contribution in [3.8, 4) is 11.5 Å². The Morgan fingerprint density at radius 3 is 2.36 bits per heavy atom. The first kappa shape index (κ1) is 29.0. The van der Waals surface area contributed by atoms with Crippen LogP contribution in [0.4, 0.5) is 17.1 Å². The number of nitrogens with zero attached hydrogens (tertiary/aromatic N) is 1. The standard InChI is InChI=1S/C36H29BrN2O6/c1-18-14-28(40)32-26(33(18)41)17-25-23(30(32)19-15-27(37)34(42)29(16-19)45-2)12-13-24-31(25)36(44)39(35(24)43)22-10-8-21(9-11-22)38-20-6-4-3-5-7-20/h3-12,14-16,24-25,30-31,38,42H,13,17H2,1-2H3/t24-,25+,30-,31-/m0/s1. The molecule has 2 amide bonds. The molecule has 0 aromatic heterocycles. The van der Waals surface area contributed by atoms with Crippen LogP contribution in [0.15, 0.2) is 106 Å². The number of halogens is 1. The normalized spacial score (nSPS) is 24.1. The SMILES string of the molecule is COc1cc([C@H]2C3=CC[C@@H]4C(=O)N(c5ccc(Nc6ccccc6)cc5)C(=O)[C@@H]4[C@@H]3CC3=C2C(=O)C=C(C)C3=O)cc(Br)c1O. The highest BCUT2D eigenvalue weighted by atomic mass is 79.9. The zero-order valence-corrected chi connectivity index (χ0v) is 26.1. The van der Waals surface area contributed by atoms with Crippen LogP contribution >= 0.6 is 15.9 Å². The van der Waals surface area contributed by atoms with Gasteiger partial charge in [0, 0.05) is 34.0 Å². The number of anilines is 3. The van der Waals surface area contributed by atoms with E-state index in [1.165, 1.54) is 18.1 Å². The zero-order chi connectivity index (χ0) is 31.6. The van der Waals surface area contributed by atoms with Crippen LogP contribution in [0.2, 0.25) is 0 Å². The van der Waals surface area contributed by atoms with Gasteiger partial charge in [-0.15, -0.1) is 0 Å². The number of phenolic OH excluding ortho intramolecular Hbond substituents is 1. The molecule has 1 saturated heterocycles. The molecule has 0 unspecified atom stereocenters. The Balaban J connectivity index is 1.27. The van der Waals surface area contributed by atoms with Crippen LogP contribution in [0.25, 0.3) is 0 Å². The average Bonchev–Trinajstić information content (AvgIpc) is 3.30. The second kappa shape index (κ2) is 11.0. The Morgan fingerprint density at radius 2 is 1.64 bits per heavy atom. The van der Waals surface area contributed by atoms with Crippen molar-refractivity contribution < 1.29 is 29.0 Å². The summed E-state index contributed by atoms with van der Waals surface area (Å²) in [6.07, 6.45) is 3.86. The lowest BCUT2D eigenvalue weighted by atomic mass is 9.59. The highest BCUT2D eigenvalue weighted by molar-refractivity contribution is 9.10.